The Labute approximate surface area is 712 Å². The highest BCUT2D eigenvalue weighted by Gasteiger charge is 2.44. The molecule has 128 heavy (non-hydrogen) atoms. The molecule has 0 fully saturated rings. The molecule has 16 rings (SSSR count). The van der Waals surface area contributed by atoms with Gasteiger partial charge in [0.15, 0.2) is 145 Å². The van der Waals surface area contributed by atoms with E-state index in [4.69, 9.17) is 37.9 Å². The van der Waals surface area contributed by atoms with E-state index in [1.54, 1.807) is 0 Å². The number of phenols is 27. The molecule has 0 aliphatic carbocycles. The van der Waals surface area contributed by atoms with Gasteiger partial charge in [-0.1, -0.05) is 6.07 Å². The van der Waals surface area contributed by atoms with Crippen LogP contribution in [0.15, 0.2) is 150 Å². The van der Waals surface area contributed by atoms with Crippen molar-refractivity contribution in [3.05, 3.63) is 223 Å². The number of phenolic OH excluding ortho intramolecular Hbond substituents is 27. The van der Waals surface area contributed by atoms with Crippen LogP contribution < -0.4 is 24.4 Å². The molecular weight excluding hydrogens is 1700 g/mol. The topological polar surface area (TPSA) is 726 Å². The molecule has 0 saturated carbocycles. The minimum Gasteiger partial charge on any atom is -0.508 e. The molecule has 0 aromatic heterocycles. The lowest BCUT2D eigenvalue weighted by Gasteiger charge is -2.35. The molecule has 0 bridgehead atoms. The van der Waals surface area contributed by atoms with Gasteiger partial charge in [0.1, 0.15) is 75.8 Å². The van der Waals surface area contributed by atoms with Crippen molar-refractivity contribution in [2.45, 2.75) is 74.5 Å². The number of hydrogen-bond donors (Lipinski definition) is 28. The standard InChI is InChI=1S/C43H32O20.C22H18O11.C22H18O10/c44-18-1-15-3-20(43(62-39(15)31(53)10-18)63-42(59)17-7-27(49)36(55)28(50)8-17)14-2-21-22(12-30(52)38(57)34(21)37(56)29(51)4-14)40-33(13-23-24(46)9-19(45)11-32(23)60-40)61-41(58)16-5-25(47)35(54)26(48)6-16;23-10-5-12(24)11-7-18(33-22(31)9-3-15(27)20(30)16(28)4-9)21(32-17(11)6-10)8-1-13(25)19(29)14(26)2-8;23-11-6-14(25)12-8-19(32-22(30)10-4-16(27)20(29)17(28)5-10)21(31-18(12)7-11)9-1-2-13(24)15(26)3-9/h1-2,4-12,20,33,40,43-50,52-55,57H,3,13H2,(H,51,56);1-6,18,21,23-30H,7H2;1-7,19,21,23-29H,8H2/t20-,33-,40-,43+;18-,21-;19-,21-/m111/s1. The third-order valence-corrected chi connectivity index (χ3v) is 20.8. The molecule has 0 radical (unpaired) electrons. The largest absolute Gasteiger partial charge is 0.508 e. The van der Waals surface area contributed by atoms with Crippen LogP contribution in [0.2, 0.25) is 0 Å². The Morgan fingerprint density at radius 2 is 0.609 bits per heavy atom. The maximum atomic E-state index is 13.8. The average Bonchev–Trinajstić information content (AvgIpc) is 1.40. The molecule has 41 nitrogen and oxygen atoms in total. The first-order chi connectivity index (χ1) is 60.5. The zero-order chi connectivity index (χ0) is 92.5. The van der Waals surface area contributed by atoms with Crippen LogP contribution in [-0.4, -0.2) is 191 Å². The van der Waals surface area contributed by atoms with Crippen molar-refractivity contribution in [2.24, 2.45) is 0 Å². The molecule has 41 heteroatoms. The van der Waals surface area contributed by atoms with E-state index in [-0.39, 0.29) is 126 Å². The van der Waals surface area contributed by atoms with E-state index >= 15 is 0 Å². The predicted octanol–water partition coefficient (Wildman–Crippen LogP) is 8.94. The van der Waals surface area contributed by atoms with Gasteiger partial charge in [-0.15, -0.1) is 0 Å². The van der Waals surface area contributed by atoms with Gasteiger partial charge in [-0.3, -0.25) is 4.79 Å². The Bertz CT molecular complexity index is 6550. The highest BCUT2D eigenvalue weighted by atomic mass is 16.7. The molecule has 12 aromatic rings. The van der Waals surface area contributed by atoms with Crippen LogP contribution in [0.25, 0.3) is 10.8 Å². The van der Waals surface area contributed by atoms with Crippen LogP contribution in [0.3, 0.4) is 0 Å². The zero-order valence-electron chi connectivity index (χ0n) is 64.6. The summed E-state index contributed by atoms with van der Waals surface area (Å²) in [6.07, 6.45) is -10.3. The quantitative estimate of drug-likeness (QED) is 0.0308. The van der Waals surface area contributed by atoms with Gasteiger partial charge in [-0.25, -0.2) is 19.2 Å². The summed E-state index contributed by atoms with van der Waals surface area (Å²) in [5.74, 6) is -25.3. The molecule has 12 aromatic carbocycles. The monoisotopic (exact) mass is 1770 g/mol. The summed E-state index contributed by atoms with van der Waals surface area (Å²) in [7, 11) is 0. The van der Waals surface area contributed by atoms with E-state index < -0.39 is 233 Å². The summed E-state index contributed by atoms with van der Waals surface area (Å²) in [5, 5.41) is 281. The summed E-state index contributed by atoms with van der Waals surface area (Å²) in [5.41, 5.74) is -2.11. The van der Waals surface area contributed by atoms with Gasteiger partial charge < -0.3 is 181 Å². The lowest BCUT2D eigenvalue weighted by Crippen LogP contribution is -2.36. The summed E-state index contributed by atoms with van der Waals surface area (Å²) in [6.45, 7) is 0. The van der Waals surface area contributed by atoms with Gasteiger partial charge in [0.2, 0.25) is 5.43 Å². The number of fused-ring (bicyclic) bond motifs is 5. The highest BCUT2D eigenvalue weighted by Crippen LogP contribution is 2.54. The Morgan fingerprint density at radius 1 is 0.273 bits per heavy atom. The van der Waals surface area contributed by atoms with Crippen molar-refractivity contribution in [1.29, 1.82) is 0 Å². The van der Waals surface area contributed by atoms with E-state index in [9.17, 15) is 167 Å². The van der Waals surface area contributed by atoms with Crippen LogP contribution in [-0.2, 0) is 44.6 Å². The average molecular weight is 1770 g/mol. The molecule has 0 saturated heterocycles. The summed E-state index contributed by atoms with van der Waals surface area (Å²) in [4.78, 5) is 66.3. The van der Waals surface area contributed by atoms with E-state index in [0.717, 1.165) is 103 Å². The Kier molecular flexibility index (Phi) is 22.6. The zero-order valence-corrected chi connectivity index (χ0v) is 64.6. The molecule has 4 aliphatic heterocycles. The lowest BCUT2D eigenvalue weighted by molar-refractivity contribution is -0.0713. The maximum absolute atomic E-state index is 13.8. The van der Waals surface area contributed by atoms with Crippen molar-refractivity contribution >= 4 is 34.6 Å². The smallest absolute Gasteiger partial charge is 0.341 e. The first kappa shape index (κ1) is 86.4. The number of benzene rings is 11. The van der Waals surface area contributed by atoms with E-state index in [1.807, 2.05) is 0 Å². The molecule has 28 N–H and O–H groups in total. The Morgan fingerprint density at radius 3 is 1.01 bits per heavy atom. The van der Waals surface area contributed by atoms with Gasteiger partial charge in [0.25, 0.3) is 6.29 Å². The molecule has 4 heterocycles. The Balaban J connectivity index is 0.000000171. The second kappa shape index (κ2) is 33.5. The predicted molar refractivity (Wildman–Crippen MR) is 426 cm³/mol. The second-order valence-corrected chi connectivity index (χ2v) is 29.3. The van der Waals surface area contributed by atoms with Crippen molar-refractivity contribution in [3.8, 4) is 184 Å². The van der Waals surface area contributed by atoms with Crippen LogP contribution in [0, 0.1) is 0 Å². The van der Waals surface area contributed by atoms with Crippen molar-refractivity contribution in [3.63, 3.8) is 0 Å². The molecule has 4 aliphatic rings. The van der Waals surface area contributed by atoms with Crippen LogP contribution in [0.1, 0.15) is 110 Å². The third kappa shape index (κ3) is 16.9. The highest BCUT2D eigenvalue weighted by molar-refractivity contribution is 5.98. The van der Waals surface area contributed by atoms with Gasteiger partial charge in [-0.05, 0) is 114 Å². The fraction of sp³-hybridized carbons (Fsp3) is 0.138. The van der Waals surface area contributed by atoms with E-state index in [0.29, 0.717) is 5.56 Å². The van der Waals surface area contributed by atoms with Gasteiger partial charge >= 0.3 is 23.9 Å². The second-order valence-electron chi connectivity index (χ2n) is 29.3. The normalized spacial score (nSPS) is 17.4. The lowest BCUT2D eigenvalue weighted by atomic mass is 9.87. The van der Waals surface area contributed by atoms with E-state index in [1.165, 1.54) is 42.5 Å². The SMILES string of the molecule is O=C(O[C@@H]1Cc2c(O)cc(O)cc2O[C@@H]1c1cc(O)c(O)c(O)c1)c1cc(O)c(O)c(O)c1.O=C(O[C@@H]1Cc2c(O)cc(O)cc2O[C@@H]1c1ccc(O)c(O)c1)c1cc(O)c(O)c(O)c1.O=C(O[C@@H]1Oc2c(O)cc(O)cc2C[C@@H]1c1cc(=O)c(O)c2c(O)c(O)cc([C@H]3Oc4cc(O)cc(O)c4C[C@H]3OC(=O)c3cc(O)c(O)c(O)c3)c2c1)c1cc(O)c(O)c(O)c1. The molecule has 0 unspecified atom stereocenters. The number of hydrogen-bond acceptors (Lipinski definition) is 41. The number of aromatic hydroxyl groups is 28. The number of rotatable bonds is 12. The Hall–Kier alpha value is -17.9. The molecule has 0 amide bonds. The molecule has 8 atom stereocenters. The third-order valence-electron chi connectivity index (χ3n) is 20.8. The van der Waals surface area contributed by atoms with Gasteiger partial charge in [-0.2, -0.15) is 0 Å². The van der Waals surface area contributed by atoms with Gasteiger partial charge in [0.05, 0.1) is 33.6 Å². The number of ether oxygens (including phenoxy) is 8. The fourth-order valence-electron chi connectivity index (χ4n) is 14.6. The van der Waals surface area contributed by atoms with Crippen molar-refractivity contribution in [2.75, 3.05) is 0 Å². The van der Waals surface area contributed by atoms with Crippen LogP contribution in [0.4, 0.5) is 0 Å². The summed E-state index contributed by atoms with van der Waals surface area (Å²) < 4.78 is 46.3. The van der Waals surface area contributed by atoms with Crippen molar-refractivity contribution in [1.82, 2.24) is 0 Å². The number of carbonyl (C=O) groups excluding carboxylic acids is 4. The maximum Gasteiger partial charge on any atom is 0.341 e. The fourth-order valence-corrected chi connectivity index (χ4v) is 14.6. The van der Waals surface area contributed by atoms with Gasteiger partial charge in [0, 0.05) is 101 Å². The minimum absolute atomic E-state index is 0.00550. The van der Waals surface area contributed by atoms with Crippen molar-refractivity contribution < 1.29 is 200 Å². The summed E-state index contributed by atoms with van der Waals surface area (Å²) in [6, 6.07) is 24.5. The first-order valence-corrected chi connectivity index (χ1v) is 37.2. The number of esters is 4. The molecule has 662 valence electrons. The first-order valence-electron chi connectivity index (χ1n) is 37.2. The van der Waals surface area contributed by atoms with Crippen LogP contribution >= 0.6 is 0 Å². The minimum atomic E-state index is -1.82. The number of carbonyl (C=O) groups is 4. The summed E-state index contributed by atoms with van der Waals surface area (Å²) >= 11 is 0. The van der Waals surface area contributed by atoms with E-state index in [2.05, 4.69) is 0 Å². The van der Waals surface area contributed by atoms with Crippen LogP contribution in [0.5, 0.6) is 184 Å². The molecule has 0 spiro atoms. The molecular formula is C87H68O41.